The Morgan fingerprint density at radius 2 is 1.95 bits per heavy atom. The standard InChI is InChI=1S/C30H31N7O3/c1-21-7-4-5-10-25(21)35-28-26-18-32-20-37(26)27(19-33-28)40-24-9-6-8-23(15-24)34-29(38)22(17-31)16-30(2,3)36-11-13-39-14-12-36/h4-10,15-16,18-20H,11-14H2,1-3H3,(H,33,35)(H,34,38)/b22-16+. The number of amides is 1. The first-order valence-corrected chi connectivity index (χ1v) is 13.0. The second kappa shape index (κ2) is 11.6. The molecule has 1 fully saturated rings. The topological polar surface area (TPSA) is 117 Å². The number of hydrogen-bond acceptors (Lipinski definition) is 8. The third-order valence-corrected chi connectivity index (χ3v) is 6.82. The summed E-state index contributed by atoms with van der Waals surface area (Å²) in [5.41, 5.74) is 2.87. The maximum Gasteiger partial charge on any atom is 0.266 e. The van der Waals surface area contributed by atoms with Crippen LogP contribution in [0.3, 0.4) is 0 Å². The maximum absolute atomic E-state index is 13.0. The normalized spacial score (nSPS) is 14.5. The summed E-state index contributed by atoms with van der Waals surface area (Å²) in [5, 5.41) is 15.9. The first kappa shape index (κ1) is 26.9. The van der Waals surface area contributed by atoms with E-state index in [0.29, 0.717) is 36.3 Å². The molecule has 0 aliphatic carbocycles. The molecule has 204 valence electrons. The van der Waals surface area contributed by atoms with Crippen LogP contribution in [0.4, 0.5) is 17.2 Å². The zero-order valence-electron chi connectivity index (χ0n) is 22.7. The first-order chi connectivity index (χ1) is 19.3. The van der Waals surface area contributed by atoms with Gasteiger partial charge in [0.15, 0.2) is 5.82 Å². The molecule has 0 spiro atoms. The number of carbonyl (C=O) groups is 1. The fourth-order valence-corrected chi connectivity index (χ4v) is 4.60. The number of morpholine rings is 1. The summed E-state index contributed by atoms with van der Waals surface area (Å²) in [4.78, 5) is 24.0. The molecule has 2 N–H and O–H groups in total. The number of ether oxygens (including phenoxy) is 2. The van der Waals surface area contributed by atoms with E-state index in [1.165, 1.54) is 0 Å². The molecule has 4 aromatic rings. The first-order valence-electron chi connectivity index (χ1n) is 13.0. The van der Waals surface area contributed by atoms with Crippen LogP contribution < -0.4 is 15.4 Å². The highest BCUT2D eigenvalue weighted by Crippen LogP contribution is 2.29. The molecule has 10 nitrogen and oxygen atoms in total. The van der Waals surface area contributed by atoms with E-state index in [1.807, 2.05) is 45.0 Å². The van der Waals surface area contributed by atoms with Gasteiger partial charge in [-0.1, -0.05) is 24.3 Å². The number of aromatic nitrogens is 3. The van der Waals surface area contributed by atoms with Gasteiger partial charge in [-0.25, -0.2) is 9.97 Å². The van der Waals surface area contributed by atoms with Gasteiger partial charge in [-0.15, -0.1) is 0 Å². The van der Waals surface area contributed by atoms with Crippen molar-refractivity contribution in [3.63, 3.8) is 0 Å². The lowest BCUT2D eigenvalue weighted by Crippen LogP contribution is -2.49. The molecule has 40 heavy (non-hydrogen) atoms. The van der Waals surface area contributed by atoms with Crippen molar-refractivity contribution in [2.45, 2.75) is 26.3 Å². The average Bonchev–Trinajstić information content (AvgIpc) is 3.46. The number of para-hydroxylation sites is 1. The minimum absolute atomic E-state index is 0.0453. The predicted molar refractivity (Wildman–Crippen MR) is 153 cm³/mol. The molecule has 0 saturated carbocycles. The summed E-state index contributed by atoms with van der Waals surface area (Å²) in [6, 6.07) is 17.0. The van der Waals surface area contributed by atoms with Crippen LogP contribution in [0, 0.1) is 18.3 Å². The van der Waals surface area contributed by atoms with Crippen LogP contribution in [0.5, 0.6) is 11.6 Å². The van der Waals surface area contributed by atoms with Crippen LogP contribution in [0.2, 0.25) is 0 Å². The fourth-order valence-electron chi connectivity index (χ4n) is 4.60. The maximum atomic E-state index is 13.0. The van der Waals surface area contributed by atoms with Crippen LogP contribution >= 0.6 is 0 Å². The summed E-state index contributed by atoms with van der Waals surface area (Å²) in [5.74, 6) is 1.11. The number of imidazole rings is 1. The Hall–Kier alpha value is -4.72. The van der Waals surface area contributed by atoms with Crippen LogP contribution in [0.25, 0.3) is 5.52 Å². The van der Waals surface area contributed by atoms with E-state index in [1.54, 1.807) is 53.5 Å². The van der Waals surface area contributed by atoms with Crippen LogP contribution in [0.1, 0.15) is 19.4 Å². The molecule has 10 heteroatoms. The van der Waals surface area contributed by atoms with Gasteiger partial charge in [-0.3, -0.25) is 14.1 Å². The minimum Gasteiger partial charge on any atom is -0.439 e. The van der Waals surface area contributed by atoms with Gasteiger partial charge in [0.05, 0.1) is 25.6 Å². The summed E-state index contributed by atoms with van der Waals surface area (Å²) in [6.45, 7) is 8.75. The van der Waals surface area contributed by atoms with Crippen molar-refractivity contribution in [3.8, 4) is 17.7 Å². The number of benzene rings is 2. The lowest BCUT2D eigenvalue weighted by atomic mass is 9.98. The number of hydrogen-bond donors (Lipinski definition) is 2. The lowest BCUT2D eigenvalue weighted by molar-refractivity contribution is -0.112. The van der Waals surface area contributed by atoms with Crippen molar-refractivity contribution in [2.24, 2.45) is 0 Å². The third kappa shape index (κ3) is 5.96. The van der Waals surface area contributed by atoms with Crippen molar-refractivity contribution < 1.29 is 14.3 Å². The molecule has 1 aliphatic heterocycles. The highest BCUT2D eigenvalue weighted by Gasteiger charge is 2.28. The molecular weight excluding hydrogens is 506 g/mol. The number of nitriles is 1. The predicted octanol–water partition coefficient (Wildman–Crippen LogP) is 5.07. The monoisotopic (exact) mass is 537 g/mol. The zero-order chi connectivity index (χ0) is 28.1. The highest BCUT2D eigenvalue weighted by atomic mass is 16.5. The Morgan fingerprint density at radius 1 is 1.15 bits per heavy atom. The van der Waals surface area contributed by atoms with Crippen LogP contribution in [-0.4, -0.2) is 57.0 Å². The van der Waals surface area contributed by atoms with E-state index in [4.69, 9.17) is 9.47 Å². The van der Waals surface area contributed by atoms with Crippen LogP contribution in [0.15, 0.2) is 78.9 Å². The second-order valence-corrected chi connectivity index (χ2v) is 10.0. The molecule has 1 amide bonds. The fraction of sp³-hybridized carbons (Fsp3) is 0.267. The summed E-state index contributed by atoms with van der Waals surface area (Å²) >= 11 is 0. The lowest BCUT2D eigenvalue weighted by Gasteiger charge is -2.39. The molecule has 1 saturated heterocycles. The molecule has 0 unspecified atom stereocenters. The smallest absolute Gasteiger partial charge is 0.266 e. The molecular formula is C30H31N7O3. The number of fused-ring (bicyclic) bond motifs is 1. The van der Waals surface area contributed by atoms with Crippen molar-refractivity contribution in [3.05, 3.63) is 84.5 Å². The number of aryl methyl sites for hydroxylation is 1. The average molecular weight is 538 g/mol. The van der Waals surface area contributed by atoms with Gasteiger partial charge in [0.25, 0.3) is 5.91 Å². The van der Waals surface area contributed by atoms with Crippen LogP contribution in [-0.2, 0) is 9.53 Å². The van der Waals surface area contributed by atoms with E-state index in [9.17, 15) is 10.1 Å². The summed E-state index contributed by atoms with van der Waals surface area (Å²) < 4.78 is 13.4. The van der Waals surface area contributed by atoms with Gasteiger partial charge in [0.1, 0.15) is 29.2 Å². The molecule has 2 aromatic carbocycles. The number of nitrogens with zero attached hydrogens (tertiary/aromatic N) is 5. The van der Waals surface area contributed by atoms with Gasteiger partial charge in [-0.2, -0.15) is 5.26 Å². The molecule has 2 aromatic heterocycles. The van der Waals surface area contributed by atoms with E-state index >= 15 is 0 Å². The number of nitrogens with one attached hydrogen (secondary N) is 2. The minimum atomic E-state index is -0.480. The Labute approximate surface area is 232 Å². The Bertz CT molecular complexity index is 1600. The van der Waals surface area contributed by atoms with E-state index in [2.05, 4.69) is 31.6 Å². The highest BCUT2D eigenvalue weighted by molar-refractivity contribution is 6.06. The van der Waals surface area contributed by atoms with Crippen molar-refractivity contribution in [2.75, 3.05) is 36.9 Å². The molecule has 0 bridgehead atoms. The van der Waals surface area contributed by atoms with E-state index in [0.717, 1.165) is 29.9 Å². The van der Waals surface area contributed by atoms with Gasteiger partial charge in [-0.05, 0) is 50.6 Å². The largest absolute Gasteiger partial charge is 0.439 e. The Morgan fingerprint density at radius 3 is 2.73 bits per heavy atom. The molecule has 3 heterocycles. The molecule has 1 aliphatic rings. The molecule has 0 radical (unpaired) electrons. The van der Waals surface area contributed by atoms with E-state index < -0.39 is 11.4 Å². The number of anilines is 3. The molecule has 0 atom stereocenters. The number of carbonyl (C=O) groups excluding carboxylic acids is 1. The summed E-state index contributed by atoms with van der Waals surface area (Å²) in [6.07, 6.45) is 6.69. The quantitative estimate of drug-likeness (QED) is 0.236. The summed E-state index contributed by atoms with van der Waals surface area (Å²) in [7, 11) is 0. The molecule has 5 rings (SSSR count). The SMILES string of the molecule is Cc1ccccc1Nc1ncc(Oc2cccc(NC(=O)/C(C#N)=C/C(C)(C)N3CCOCC3)c2)n2cncc12. The zero-order valence-corrected chi connectivity index (χ0v) is 22.7. The van der Waals surface area contributed by atoms with Gasteiger partial charge in [0, 0.05) is 36.1 Å². The Balaban J connectivity index is 1.32. The Kier molecular flexibility index (Phi) is 7.77. The van der Waals surface area contributed by atoms with Crippen molar-refractivity contribution >= 4 is 28.6 Å². The number of rotatable bonds is 8. The van der Waals surface area contributed by atoms with Gasteiger partial charge < -0.3 is 20.1 Å². The van der Waals surface area contributed by atoms with Crippen molar-refractivity contribution in [1.29, 1.82) is 5.26 Å². The third-order valence-electron chi connectivity index (χ3n) is 6.82. The van der Waals surface area contributed by atoms with E-state index in [-0.39, 0.29) is 5.57 Å². The van der Waals surface area contributed by atoms with Crippen molar-refractivity contribution in [1.82, 2.24) is 19.3 Å². The second-order valence-electron chi connectivity index (χ2n) is 10.0. The van der Waals surface area contributed by atoms with Gasteiger partial charge >= 0.3 is 0 Å². The van der Waals surface area contributed by atoms with Gasteiger partial charge in [0.2, 0.25) is 5.88 Å².